The number of carbonyl (C=O) groups is 2. The van der Waals surface area contributed by atoms with E-state index in [1.165, 1.54) is 0 Å². The van der Waals surface area contributed by atoms with Gasteiger partial charge in [0.15, 0.2) is 18.1 Å². The van der Waals surface area contributed by atoms with Gasteiger partial charge in [0.05, 0.1) is 11.3 Å². The van der Waals surface area contributed by atoms with E-state index < -0.39 is 0 Å². The molecule has 0 fully saturated rings. The van der Waals surface area contributed by atoms with E-state index in [0.717, 1.165) is 11.3 Å². The van der Waals surface area contributed by atoms with Crippen molar-refractivity contribution in [2.45, 2.75) is 6.54 Å². The second-order valence-electron chi connectivity index (χ2n) is 8.14. The zero-order valence-electron chi connectivity index (χ0n) is 19.8. The Morgan fingerprint density at radius 2 is 1.46 bits per heavy atom. The molecule has 0 unspecified atom stereocenters. The molecule has 1 heterocycles. The van der Waals surface area contributed by atoms with Gasteiger partial charge < -0.3 is 29.6 Å². The van der Waals surface area contributed by atoms with Crippen molar-refractivity contribution in [3.63, 3.8) is 0 Å². The summed E-state index contributed by atoms with van der Waals surface area (Å²) in [6.45, 7) is 0.271. The zero-order chi connectivity index (χ0) is 25.5. The summed E-state index contributed by atoms with van der Waals surface area (Å²) in [6, 6.07) is 28.7. The molecule has 4 aromatic rings. The number of ether oxygens (including phenoxy) is 4. The standard InChI is InChI=1S/C29H24N2O6/c32-28(18-34-21-11-13-23(14-12-21)37-22-6-2-1-3-7-22)31-25-9-5-4-8-24(25)29(33)30-17-20-10-15-26-27(16-20)36-19-35-26/h1-16H,17-19H2,(H,30,33)(H,31,32). The average Bonchev–Trinajstić information content (AvgIpc) is 3.40. The fourth-order valence-corrected chi connectivity index (χ4v) is 3.68. The predicted octanol–water partition coefficient (Wildman–Crippen LogP) is 5.16. The summed E-state index contributed by atoms with van der Waals surface area (Å²) in [4.78, 5) is 25.4. The van der Waals surface area contributed by atoms with Gasteiger partial charge in [0.25, 0.3) is 11.8 Å². The Kier molecular flexibility index (Phi) is 7.17. The number of hydrogen-bond acceptors (Lipinski definition) is 6. The molecule has 8 nitrogen and oxygen atoms in total. The first-order chi connectivity index (χ1) is 18.1. The molecule has 0 spiro atoms. The van der Waals surface area contributed by atoms with Gasteiger partial charge in [-0.3, -0.25) is 9.59 Å². The molecule has 0 bridgehead atoms. The van der Waals surface area contributed by atoms with Crippen molar-refractivity contribution in [2.24, 2.45) is 0 Å². The Bertz CT molecular complexity index is 1390. The fraction of sp³-hybridized carbons (Fsp3) is 0.103. The highest BCUT2D eigenvalue weighted by Crippen LogP contribution is 2.32. The average molecular weight is 497 g/mol. The van der Waals surface area contributed by atoms with E-state index >= 15 is 0 Å². The fourth-order valence-electron chi connectivity index (χ4n) is 3.68. The summed E-state index contributed by atoms with van der Waals surface area (Å²) < 4.78 is 22.0. The van der Waals surface area contributed by atoms with Gasteiger partial charge in [0, 0.05) is 6.54 Å². The monoisotopic (exact) mass is 496 g/mol. The predicted molar refractivity (Wildman–Crippen MR) is 137 cm³/mol. The molecular weight excluding hydrogens is 472 g/mol. The van der Waals surface area contributed by atoms with Crippen molar-refractivity contribution in [2.75, 3.05) is 18.7 Å². The lowest BCUT2D eigenvalue weighted by Crippen LogP contribution is -2.26. The number of para-hydroxylation sites is 2. The van der Waals surface area contributed by atoms with Crippen LogP contribution >= 0.6 is 0 Å². The number of hydrogen-bond donors (Lipinski definition) is 2. The molecule has 0 saturated carbocycles. The van der Waals surface area contributed by atoms with Gasteiger partial charge in [0.2, 0.25) is 6.79 Å². The molecule has 37 heavy (non-hydrogen) atoms. The molecule has 1 aliphatic heterocycles. The lowest BCUT2D eigenvalue weighted by Gasteiger charge is -2.12. The minimum Gasteiger partial charge on any atom is -0.484 e. The van der Waals surface area contributed by atoms with E-state index in [0.29, 0.717) is 40.8 Å². The zero-order valence-corrected chi connectivity index (χ0v) is 19.8. The lowest BCUT2D eigenvalue weighted by molar-refractivity contribution is -0.118. The van der Waals surface area contributed by atoms with Gasteiger partial charge in [-0.2, -0.15) is 0 Å². The third-order valence-corrected chi connectivity index (χ3v) is 5.51. The molecule has 8 heteroatoms. The van der Waals surface area contributed by atoms with Crippen LogP contribution in [-0.4, -0.2) is 25.2 Å². The maximum absolute atomic E-state index is 12.8. The second-order valence-corrected chi connectivity index (χ2v) is 8.14. The number of nitrogens with one attached hydrogen (secondary N) is 2. The topological polar surface area (TPSA) is 95.1 Å². The first kappa shape index (κ1) is 23.7. The van der Waals surface area contributed by atoms with Gasteiger partial charge in [-0.05, 0) is 66.2 Å². The molecule has 0 radical (unpaired) electrons. The van der Waals surface area contributed by atoms with Crippen molar-refractivity contribution in [3.05, 3.63) is 108 Å². The minimum absolute atomic E-state index is 0.190. The molecular formula is C29H24N2O6. The van der Waals surface area contributed by atoms with Crippen LogP contribution in [0.4, 0.5) is 5.69 Å². The third kappa shape index (κ3) is 6.18. The van der Waals surface area contributed by atoms with E-state index in [1.54, 1.807) is 48.5 Å². The van der Waals surface area contributed by atoms with Gasteiger partial charge in [-0.1, -0.05) is 36.4 Å². The van der Waals surface area contributed by atoms with Crippen LogP contribution in [0.2, 0.25) is 0 Å². The maximum Gasteiger partial charge on any atom is 0.262 e. The van der Waals surface area contributed by atoms with E-state index in [9.17, 15) is 9.59 Å². The minimum atomic E-state index is -0.388. The van der Waals surface area contributed by atoms with Crippen LogP contribution in [0.5, 0.6) is 28.7 Å². The Morgan fingerprint density at radius 1 is 0.757 bits per heavy atom. The second kappa shape index (κ2) is 11.2. The summed E-state index contributed by atoms with van der Waals surface area (Å²) in [5.74, 6) is 2.53. The van der Waals surface area contributed by atoms with E-state index in [4.69, 9.17) is 18.9 Å². The van der Waals surface area contributed by atoms with Crippen molar-refractivity contribution in [1.82, 2.24) is 5.32 Å². The Balaban J connectivity index is 1.13. The number of amides is 2. The van der Waals surface area contributed by atoms with Crippen molar-refractivity contribution in [3.8, 4) is 28.7 Å². The molecule has 4 aromatic carbocycles. The van der Waals surface area contributed by atoms with Gasteiger partial charge in [-0.15, -0.1) is 0 Å². The van der Waals surface area contributed by atoms with Crippen LogP contribution in [0.3, 0.4) is 0 Å². The number of benzene rings is 4. The SMILES string of the molecule is O=C(COc1ccc(Oc2ccccc2)cc1)Nc1ccccc1C(=O)NCc1ccc2c(c1)OCO2. The molecule has 2 N–H and O–H groups in total. The molecule has 0 aromatic heterocycles. The van der Waals surface area contributed by atoms with E-state index in [-0.39, 0.29) is 25.2 Å². The lowest BCUT2D eigenvalue weighted by atomic mass is 10.1. The molecule has 1 aliphatic rings. The molecule has 0 aliphatic carbocycles. The first-order valence-corrected chi connectivity index (χ1v) is 11.7. The molecule has 2 amide bonds. The largest absolute Gasteiger partial charge is 0.484 e. The normalized spacial score (nSPS) is 11.5. The Hall–Kier alpha value is -4.98. The highest BCUT2D eigenvalue weighted by atomic mass is 16.7. The quantitative estimate of drug-likeness (QED) is 0.333. The van der Waals surface area contributed by atoms with Gasteiger partial charge >= 0.3 is 0 Å². The van der Waals surface area contributed by atoms with Crippen LogP contribution in [0.15, 0.2) is 97.1 Å². The molecule has 5 rings (SSSR count). The van der Waals surface area contributed by atoms with E-state index in [1.807, 2.05) is 48.5 Å². The number of fused-ring (bicyclic) bond motifs is 1. The number of rotatable bonds is 9. The highest BCUT2D eigenvalue weighted by Gasteiger charge is 2.16. The van der Waals surface area contributed by atoms with Crippen LogP contribution < -0.4 is 29.6 Å². The molecule has 0 saturated heterocycles. The van der Waals surface area contributed by atoms with E-state index in [2.05, 4.69) is 10.6 Å². The maximum atomic E-state index is 12.8. The van der Waals surface area contributed by atoms with Gasteiger partial charge in [-0.25, -0.2) is 0 Å². The van der Waals surface area contributed by atoms with Crippen molar-refractivity contribution >= 4 is 17.5 Å². The van der Waals surface area contributed by atoms with Crippen LogP contribution in [0.25, 0.3) is 0 Å². The summed E-state index contributed by atoms with van der Waals surface area (Å²) in [5, 5.41) is 5.62. The number of carbonyl (C=O) groups excluding carboxylic acids is 2. The smallest absolute Gasteiger partial charge is 0.262 e. The summed E-state index contributed by atoms with van der Waals surface area (Å²) >= 11 is 0. The highest BCUT2D eigenvalue weighted by molar-refractivity contribution is 6.04. The third-order valence-electron chi connectivity index (χ3n) is 5.51. The van der Waals surface area contributed by atoms with Crippen LogP contribution in [0.1, 0.15) is 15.9 Å². The van der Waals surface area contributed by atoms with Crippen molar-refractivity contribution in [1.29, 1.82) is 0 Å². The Labute approximate surface area is 213 Å². The first-order valence-electron chi connectivity index (χ1n) is 11.7. The van der Waals surface area contributed by atoms with Gasteiger partial charge in [0.1, 0.15) is 17.2 Å². The van der Waals surface area contributed by atoms with Crippen LogP contribution in [-0.2, 0) is 11.3 Å². The number of anilines is 1. The van der Waals surface area contributed by atoms with Crippen LogP contribution in [0, 0.1) is 0 Å². The molecule has 0 atom stereocenters. The summed E-state index contributed by atoms with van der Waals surface area (Å²) in [5.41, 5.74) is 1.61. The Morgan fingerprint density at radius 3 is 2.30 bits per heavy atom. The summed E-state index contributed by atoms with van der Waals surface area (Å²) in [6.07, 6.45) is 0. The molecule has 186 valence electrons. The summed E-state index contributed by atoms with van der Waals surface area (Å²) in [7, 11) is 0. The van der Waals surface area contributed by atoms with Crippen molar-refractivity contribution < 1.29 is 28.5 Å².